The molecule has 0 aliphatic carbocycles. The molecular weight excluding hydrogens is 237 g/mol. The number of rotatable bonds is 1. The van der Waals surface area contributed by atoms with Gasteiger partial charge in [0.1, 0.15) is 5.03 Å². The summed E-state index contributed by atoms with van der Waals surface area (Å²) in [6.07, 6.45) is 1.10. The second-order valence-corrected chi connectivity index (χ2v) is 3.79. The Labute approximate surface area is 95.9 Å². The normalized spacial score (nSPS) is 15.9. The SMILES string of the molecule is O=C1C=C(Cl)C(=O)N1c1ccc(Cl)cc1. The molecule has 1 aliphatic heterocycles. The zero-order chi connectivity index (χ0) is 11.0. The molecule has 1 heterocycles. The van der Waals surface area contributed by atoms with E-state index in [0.717, 1.165) is 11.0 Å². The Morgan fingerprint density at radius 2 is 1.60 bits per heavy atom. The van der Waals surface area contributed by atoms with Crippen LogP contribution in [0.5, 0.6) is 0 Å². The quantitative estimate of drug-likeness (QED) is 0.708. The first kappa shape index (κ1) is 10.2. The van der Waals surface area contributed by atoms with Gasteiger partial charge in [-0.15, -0.1) is 0 Å². The van der Waals surface area contributed by atoms with Crippen molar-refractivity contribution in [1.82, 2.24) is 0 Å². The van der Waals surface area contributed by atoms with Crippen molar-refractivity contribution in [3.8, 4) is 0 Å². The number of nitrogens with zero attached hydrogens (tertiary/aromatic N) is 1. The molecule has 1 aliphatic rings. The number of hydrogen-bond acceptors (Lipinski definition) is 2. The molecular formula is C10H5Cl2NO2. The van der Waals surface area contributed by atoms with E-state index >= 15 is 0 Å². The molecule has 0 saturated carbocycles. The molecule has 0 radical (unpaired) electrons. The summed E-state index contributed by atoms with van der Waals surface area (Å²) in [7, 11) is 0. The summed E-state index contributed by atoms with van der Waals surface area (Å²) in [6.45, 7) is 0. The lowest BCUT2D eigenvalue weighted by molar-refractivity contribution is -0.120. The zero-order valence-electron chi connectivity index (χ0n) is 7.41. The van der Waals surface area contributed by atoms with Gasteiger partial charge in [-0.25, -0.2) is 4.90 Å². The van der Waals surface area contributed by atoms with Crippen molar-refractivity contribution in [2.75, 3.05) is 4.90 Å². The molecule has 5 heteroatoms. The number of carbonyl (C=O) groups excluding carboxylic acids is 2. The van der Waals surface area contributed by atoms with Crippen molar-refractivity contribution in [1.29, 1.82) is 0 Å². The zero-order valence-corrected chi connectivity index (χ0v) is 8.92. The highest BCUT2D eigenvalue weighted by atomic mass is 35.5. The van der Waals surface area contributed by atoms with Crippen molar-refractivity contribution < 1.29 is 9.59 Å². The lowest BCUT2D eigenvalue weighted by Gasteiger charge is -2.13. The van der Waals surface area contributed by atoms with Gasteiger partial charge in [-0.2, -0.15) is 0 Å². The number of halogens is 2. The van der Waals surface area contributed by atoms with Crippen LogP contribution >= 0.6 is 23.2 Å². The Morgan fingerprint density at radius 1 is 1.00 bits per heavy atom. The number of imide groups is 1. The van der Waals surface area contributed by atoms with Crippen molar-refractivity contribution in [2.24, 2.45) is 0 Å². The van der Waals surface area contributed by atoms with Crippen molar-refractivity contribution in [3.63, 3.8) is 0 Å². The van der Waals surface area contributed by atoms with Crippen molar-refractivity contribution in [2.45, 2.75) is 0 Å². The summed E-state index contributed by atoms with van der Waals surface area (Å²) in [4.78, 5) is 23.9. The van der Waals surface area contributed by atoms with Gasteiger partial charge in [0.15, 0.2) is 0 Å². The Morgan fingerprint density at radius 3 is 2.07 bits per heavy atom. The maximum Gasteiger partial charge on any atom is 0.277 e. The number of benzene rings is 1. The summed E-state index contributed by atoms with van der Waals surface area (Å²) < 4.78 is 0. The molecule has 2 rings (SSSR count). The van der Waals surface area contributed by atoms with Gasteiger partial charge in [0.2, 0.25) is 0 Å². The molecule has 0 unspecified atom stereocenters. The van der Waals surface area contributed by atoms with E-state index in [9.17, 15) is 9.59 Å². The Hall–Kier alpha value is -1.32. The van der Waals surface area contributed by atoms with E-state index in [0.29, 0.717) is 10.7 Å². The second-order valence-electron chi connectivity index (χ2n) is 2.95. The maximum atomic E-state index is 11.5. The Balaban J connectivity index is 2.38. The molecule has 0 aromatic heterocycles. The third kappa shape index (κ3) is 1.76. The minimum absolute atomic E-state index is 0.0741. The Bertz CT molecular complexity index is 465. The molecule has 15 heavy (non-hydrogen) atoms. The molecule has 0 fully saturated rings. The van der Waals surface area contributed by atoms with E-state index in [4.69, 9.17) is 23.2 Å². The Kier molecular flexibility index (Phi) is 2.50. The van der Waals surface area contributed by atoms with Gasteiger partial charge < -0.3 is 0 Å². The summed E-state index contributed by atoms with van der Waals surface area (Å²) in [5.41, 5.74) is 0.460. The van der Waals surface area contributed by atoms with E-state index in [1.807, 2.05) is 0 Å². The van der Waals surface area contributed by atoms with Crippen LogP contribution < -0.4 is 4.90 Å². The molecule has 0 bridgehead atoms. The van der Waals surface area contributed by atoms with E-state index < -0.39 is 11.8 Å². The first-order valence-corrected chi connectivity index (χ1v) is 4.86. The van der Waals surface area contributed by atoms with E-state index in [2.05, 4.69) is 0 Å². The number of amides is 2. The van der Waals surface area contributed by atoms with Gasteiger partial charge in [-0.05, 0) is 24.3 Å². The van der Waals surface area contributed by atoms with Crippen LogP contribution in [0, 0.1) is 0 Å². The van der Waals surface area contributed by atoms with E-state index in [-0.39, 0.29) is 5.03 Å². The molecule has 1 aromatic rings. The van der Waals surface area contributed by atoms with Crippen LogP contribution in [0.3, 0.4) is 0 Å². The van der Waals surface area contributed by atoms with Crippen molar-refractivity contribution in [3.05, 3.63) is 40.4 Å². The van der Waals surface area contributed by atoms with Gasteiger partial charge in [0.25, 0.3) is 11.8 Å². The molecule has 76 valence electrons. The summed E-state index contributed by atoms with van der Waals surface area (Å²) in [6, 6.07) is 6.37. The number of carbonyl (C=O) groups is 2. The topological polar surface area (TPSA) is 37.4 Å². The third-order valence-corrected chi connectivity index (χ3v) is 2.49. The van der Waals surface area contributed by atoms with E-state index in [1.165, 1.54) is 0 Å². The predicted octanol–water partition coefficient (Wildman–Crippen LogP) is 2.34. The highest BCUT2D eigenvalue weighted by Crippen LogP contribution is 2.25. The largest absolute Gasteiger partial charge is 0.277 e. The van der Waals surface area contributed by atoms with Gasteiger partial charge in [0, 0.05) is 11.1 Å². The molecule has 3 nitrogen and oxygen atoms in total. The fourth-order valence-corrected chi connectivity index (χ4v) is 1.58. The predicted molar refractivity (Wildman–Crippen MR) is 57.9 cm³/mol. The van der Waals surface area contributed by atoms with Crippen molar-refractivity contribution >= 4 is 40.7 Å². The van der Waals surface area contributed by atoms with Crippen LogP contribution in [0.4, 0.5) is 5.69 Å². The molecule has 0 saturated heterocycles. The second kappa shape index (κ2) is 3.68. The lowest BCUT2D eigenvalue weighted by Crippen LogP contribution is -2.30. The third-order valence-electron chi connectivity index (χ3n) is 1.96. The lowest BCUT2D eigenvalue weighted by atomic mass is 10.3. The maximum absolute atomic E-state index is 11.5. The fraction of sp³-hybridized carbons (Fsp3) is 0. The first-order valence-electron chi connectivity index (χ1n) is 4.11. The van der Waals surface area contributed by atoms with Gasteiger partial charge >= 0.3 is 0 Å². The minimum Gasteiger partial charge on any atom is -0.269 e. The monoisotopic (exact) mass is 241 g/mol. The molecule has 1 aromatic carbocycles. The average Bonchev–Trinajstić information content (AvgIpc) is 2.44. The standard InChI is InChI=1S/C10H5Cl2NO2/c11-6-1-3-7(4-2-6)13-9(14)5-8(12)10(13)15/h1-5H. The van der Waals surface area contributed by atoms with Crippen LogP contribution in [-0.4, -0.2) is 11.8 Å². The summed E-state index contributed by atoms with van der Waals surface area (Å²) in [5.74, 6) is -0.948. The number of anilines is 1. The van der Waals surface area contributed by atoms with Gasteiger partial charge in [0.05, 0.1) is 5.69 Å². The smallest absolute Gasteiger partial charge is 0.269 e. The summed E-state index contributed by atoms with van der Waals surface area (Å²) >= 11 is 11.2. The highest BCUT2D eigenvalue weighted by molar-refractivity contribution is 6.51. The van der Waals surface area contributed by atoms with Crippen LogP contribution in [0.2, 0.25) is 5.02 Å². The summed E-state index contributed by atoms with van der Waals surface area (Å²) in [5, 5.41) is 0.465. The van der Waals surface area contributed by atoms with Crippen LogP contribution in [0.1, 0.15) is 0 Å². The van der Waals surface area contributed by atoms with E-state index in [1.54, 1.807) is 24.3 Å². The average molecular weight is 242 g/mol. The minimum atomic E-state index is -0.510. The molecule has 0 N–H and O–H groups in total. The van der Waals surface area contributed by atoms with Gasteiger partial charge in [-0.1, -0.05) is 23.2 Å². The van der Waals surface area contributed by atoms with Crippen LogP contribution in [0.15, 0.2) is 35.4 Å². The van der Waals surface area contributed by atoms with Crippen LogP contribution in [-0.2, 0) is 9.59 Å². The number of hydrogen-bond donors (Lipinski definition) is 0. The molecule has 0 atom stereocenters. The fourth-order valence-electron chi connectivity index (χ4n) is 1.28. The van der Waals surface area contributed by atoms with Gasteiger partial charge in [-0.3, -0.25) is 9.59 Å². The highest BCUT2D eigenvalue weighted by Gasteiger charge is 2.31. The van der Waals surface area contributed by atoms with Crippen LogP contribution in [0.25, 0.3) is 0 Å². The molecule has 0 spiro atoms. The first-order chi connectivity index (χ1) is 7.09. The molecule has 2 amide bonds.